The summed E-state index contributed by atoms with van der Waals surface area (Å²) in [5.74, 6) is 1.27. The van der Waals surface area contributed by atoms with E-state index in [0.717, 1.165) is 29.9 Å². The standard InChI is InChI=1S/C26H28N2O3/c1-2-3-7-18-30-24-14-10-21(11-15-24)19-27-28-26(29)23-12-16-25(17-13-23)31-20-22-8-5-4-6-9-22/h4-6,8-17,19H,2-3,7,18,20H2,1H3,(H,28,29)/b27-19-. The van der Waals surface area contributed by atoms with Gasteiger partial charge in [0, 0.05) is 5.56 Å². The molecule has 31 heavy (non-hydrogen) atoms. The largest absolute Gasteiger partial charge is 0.494 e. The molecule has 160 valence electrons. The molecule has 0 saturated carbocycles. The van der Waals surface area contributed by atoms with E-state index in [1.54, 1.807) is 30.5 Å². The number of carbonyl (C=O) groups excluding carboxylic acids is 1. The molecule has 0 heterocycles. The monoisotopic (exact) mass is 416 g/mol. The van der Waals surface area contributed by atoms with Gasteiger partial charge < -0.3 is 9.47 Å². The number of rotatable bonds is 11. The van der Waals surface area contributed by atoms with E-state index in [1.165, 1.54) is 12.8 Å². The fourth-order valence-corrected chi connectivity index (χ4v) is 2.87. The summed E-state index contributed by atoms with van der Waals surface area (Å²) >= 11 is 0. The summed E-state index contributed by atoms with van der Waals surface area (Å²) in [6, 6.07) is 24.6. The number of benzene rings is 3. The molecule has 0 atom stereocenters. The van der Waals surface area contributed by atoms with Crippen LogP contribution in [0.1, 0.15) is 47.7 Å². The summed E-state index contributed by atoms with van der Waals surface area (Å²) < 4.78 is 11.4. The van der Waals surface area contributed by atoms with Crippen molar-refractivity contribution in [3.05, 3.63) is 95.6 Å². The molecule has 3 aromatic rings. The Morgan fingerprint density at radius 2 is 1.55 bits per heavy atom. The molecule has 0 radical (unpaired) electrons. The Hall–Kier alpha value is -3.60. The molecule has 0 unspecified atom stereocenters. The van der Waals surface area contributed by atoms with Gasteiger partial charge in [0.15, 0.2) is 0 Å². The molecule has 3 aromatic carbocycles. The lowest BCUT2D eigenvalue weighted by Crippen LogP contribution is -2.17. The second-order valence-corrected chi connectivity index (χ2v) is 7.12. The van der Waals surface area contributed by atoms with E-state index in [1.807, 2.05) is 54.6 Å². The average molecular weight is 417 g/mol. The van der Waals surface area contributed by atoms with E-state index in [9.17, 15) is 4.79 Å². The van der Waals surface area contributed by atoms with Crippen LogP contribution in [0.5, 0.6) is 11.5 Å². The molecule has 0 aromatic heterocycles. The smallest absolute Gasteiger partial charge is 0.271 e. The normalized spacial score (nSPS) is 10.7. The Labute approximate surface area is 183 Å². The van der Waals surface area contributed by atoms with E-state index in [4.69, 9.17) is 9.47 Å². The first-order valence-electron chi connectivity index (χ1n) is 10.6. The topological polar surface area (TPSA) is 59.9 Å². The minimum atomic E-state index is -0.276. The first-order chi connectivity index (χ1) is 15.2. The third-order valence-electron chi connectivity index (χ3n) is 4.64. The minimum Gasteiger partial charge on any atom is -0.494 e. The molecule has 0 fully saturated rings. The van der Waals surface area contributed by atoms with Crippen molar-refractivity contribution in [2.24, 2.45) is 5.10 Å². The first kappa shape index (κ1) is 22.1. The number of nitrogens with zero attached hydrogens (tertiary/aromatic N) is 1. The number of hydrogen-bond acceptors (Lipinski definition) is 4. The number of amides is 1. The van der Waals surface area contributed by atoms with Gasteiger partial charge >= 0.3 is 0 Å². The highest BCUT2D eigenvalue weighted by Crippen LogP contribution is 2.15. The maximum Gasteiger partial charge on any atom is 0.271 e. The third kappa shape index (κ3) is 7.63. The zero-order valence-electron chi connectivity index (χ0n) is 17.8. The van der Waals surface area contributed by atoms with E-state index >= 15 is 0 Å². The molecule has 0 saturated heterocycles. The van der Waals surface area contributed by atoms with Crippen LogP contribution in [0.3, 0.4) is 0 Å². The number of nitrogens with one attached hydrogen (secondary N) is 1. The van der Waals surface area contributed by atoms with E-state index < -0.39 is 0 Å². The molecule has 5 nitrogen and oxygen atoms in total. The van der Waals surface area contributed by atoms with Crippen molar-refractivity contribution in [2.45, 2.75) is 32.8 Å². The summed E-state index contributed by atoms with van der Waals surface area (Å²) in [6.07, 6.45) is 5.02. The zero-order valence-corrected chi connectivity index (χ0v) is 17.8. The van der Waals surface area contributed by atoms with Gasteiger partial charge in [-0.05, 0) is 66.1 Å². The van der Waals surface area contributed by atoms with Crippen molar-refractivity contribution >= 4 is 12.1 Å². The third-order valence-corrected chi connectivity index (χ3v) is 4.64. The van der Waals surface area contributed by atoms with Crippen molar-refractivity contribution in [3.8, 4) is 11.5 Å². The van der Waals surface area contributed by atoms with E-state index in [0.29, 0.717) is 17.9 Å². The molecule has 3 rings (SSSR count). The van der Waals surface area contributed by atoms with Crippen LogP contribution in [0.2, 0.25) is 0 Å². The quantitative estimate of drug-likeness (QED) is 0.251. The van der Waals surface area contributed by atoms with Gasteiger partial charge in [0.1, 0.15) is 18.1 Å². The molecule has 1 amide bonds. The number of ether oxygens (including phenoxy) is 2. The second-order valence-electron chi connectivity index (χ2n) is 7.12. The predicted molar refractivity (Wildman–Crippen MR) is 124 cm³/mol. The summed E-state index contributed by atoms with van der Waals surface area (Å²) in [5, 5.41) is 4.04. The zero-order chi connectivity index (χ0) is 21.7. The molecule has 1 N–H and O–H groups in total. The van der Waals surface area contributed by atoms with Gasteiger partial charge in [0.2, 0.25) is 0 Å². The van der Waals surface area contributed by atoms with Crippen LogP contribution in [0.15, 0.2) is 84.0 Å². The molecule has 0 aliphatic carbocycles. The fourth-order valence-electron chi connectivity index (χ4n) is 2.87. The Morgan fingerprint density at radius 1 is 0.871 bits per heavy atom. The highest BCUT2D eigenvalue weighted by atomic mass is 16.5. The Morgan fingerprint density at radius 3 is 2.26 bits per heavy atom. The molecular formula is C26H28N2O3. The maximum absolute atomic E-state index is 12.3. The van der Waals surface area contributed by atoms with Crippen molar-refractivity contribution in [1.29, 1.82) is 0 Å². The summed E-state index contributed by atoms with van der Waals surface area (Å²) in [6.45, 7) is 3.39. The van der Waals surface area contributed by atoms with Gasteiger partial charge in [-0.2, -0.15) is 5.10 Å². The van der Waals surface area contributed by atoms with Gasteiger partial charge in [0.05, 0.1) is 12.8 Å². The fraction of sp³-hybridized carbons (Fsp3) is 0.231. The van der Waals surface area contributed by atoms with Crippen LogP contribution in [0, 0.1) is 0 Å². The maximum atomic E-state index is 12.3. The Kier molecular flexibility index (Phi) is 8.68. The van der Waals surface area contributed by atoms with Crippen LogP contribution in [0.4, 0.5) is 0 Å². The average Bonchev–Trinajstić information content (AvgIpc) is 2.82. The lowest BCUT2D eigenvalue weighted by molar-refractivity contribution is 0.0955. The van der Waals surface area contributed by atoms with Crippen LogP contribution >= 0.6 is 0 Å². The van der Waals surface area contributed by atoms with Crippen molar-refractivity contribution < 1.29 is 14.3 Å². The molecule has 0 aliphatic rings. The molecule has 0 aliphatic heterocycles. The van der Waals surface area contributed by atoms with Gasteiger partial charge in [-0.3, -0.25) is 4.79 Å². The predicted octanol–water partition coefficient (Wildman–Crippen LogP) is 5.60. The van der Waals surface area contributed by atoms with Crippen LogP contribution in [-0.2, 0) is 6.61 Å². The van der Waals surface area contributed by atoms with Gasteiger partial charge in [-0.25, -0.2) is 5.43 Å². The molecular weight excluding hydrogens is 388 g/mol. The number of unbranched alkanes of at least 4 members (excludes halogenated alkanes) is 2. The van der Waals surface area contributed by atoms with Crippen molar-refractivity contribution in [2.75, 3.05) is 6.61 Å². The van der Waals surface area contributed by atoms with Crippen LogP contribution < -0.4 is 14.9 Å². The van der Waals surface area contributed by atoms with Crippen molar-refractivity contribution in [3.63, 3.8) is 0 Å². The summed E-state index contributed by atoms with van der Waals surface area (Å²) in [7, 11) is 0. The molecule has 0 bridgehead atoms. The van der Waals surface area contributed by atoms with E-state index in [2.05, 4.69) is 17.5 Å². The lowest BCUT2D eigenvalue weighted by atomic mass is 10.2. The number of hydrazone groups is 1. The summed E-state index contributed by atoms with van der Waals surface area (Å²) in [4.78, 5) is 12.3. The number of hydrogen-bond donors (Lipinski definition) is 1. The lowest BCUT2D eigenvalue weighted by Gasteiger charge is -2.07. The van der Waals surface area contributed by atoms with E-state index in [-0.39, 0.29) is 5.91 Å². The Balaban J connectivity index is 1.44. The van der Waals surface area contributed by atoms with Crippen molar-refractivity contribution in [1.82, 2.24) is 5.43 Å². The SMILES string of the molecule is CCCCCOc1ccc(/C=N\NC(=O)c2ccc(OCc3ccccc3)cc2)cc1. The summed E-state index contributed by atoms with van der Waals surface area (Å²) in [5.41, 5.74) is 5.03. The van der Waals surface area contributed by atoms with Crippen LogP contribution in [-0.4, -0.2) is 18.7 Å². The number of carbonyl (C=O) groups is 1. The first-order valence-corrected chi connectivity index (χ1v) is 10.6. The highest BCUT2D eigenvalue weighted by Gasteiger charge is 2.04. The molecule has 5 heteroatoms. The minimum absolute atomic E-state index is 0.276. The Bertz CT molecular complexity index is 952. The van der Waals surface area contributed by atoms with Crippen LogP contribution in [0.25, 0.3) is 0 Å². The van der Waals surface area contributed by atoms with Gasteiger partial charge in [-0.1, -0.05) is 50.1 Å². The second kappa shape index (κ2) is 12.2. The highest BCUT2D eigenvalue weighted by molar-refractivity contribution is 5.95. The molecule has 0 spiro atoms. The van der Waals surface area contributed by atoms with Gasteiger partial charge in [-0.15, -0.1) is 0 Å². The van der Waals surface area contributed by atoms with Gasteiger partial charge in [0.25, 0.3) is 5.91 Å².